The van der Waals surface area contributed by atoms with Crippen molar-refractivity contribution in [2.24, 2.45) is 5.92 Å². The first-order valence-electron chi connectivity index (χ1n) is 8.42. The van der Waals surface area contributed by atoms with Gasteiger partial charge in [-0.3, -0.25) is 9.59 Å². The Morgan fingerprint density at radius 2 is 1.81 bits per heavy atom. The van der Waals surface area contributed by atoms with Crippen LogP contribution in [0.25, 0.3) is 0 Å². The van der Waals surface area contributed by atoms with E-state index in [1.807, 2.05) is 4.90 Å². The van der Waals surface area contributed by atoms with Gasteiger partial charge in [0.2, 0.25) is 11.8 Å². The maximum Gasteiger partial charge on any atom is 0.246 e. The Bertz CT molecular complexity index is 434. The molecule has 2 aliphatic carbocycles. The highest BCUT2D eigenvalue weighted by Gasteiger charge is 2.54. The third kappa shape index (κ3) is 2.39. The number of amides is 2. The first-order chi connectivity index (χ1) is 10.2. The molecule has 0 aromatic heterocycles. The molecule has 4 heteroatoms. The van der Waals surface area contributed by atoms with Crippen LogP contribution in [0.5, 0.6) is 0 Å². The molecular weight excluding hydrogens is 264 g/mol. The molecule has 1 heterocycles. The first-order valence-corrected chi connectivity index (χ1v) is 8.42. The molecule has 1 aliphatic heterocycles. The summed E-state index contributed by atoms with van der Waals surface area (Å²) in [6.07, 6.45) is 11.2. The van der Waals surface area contributed by atoms with Gasteiger partial charge in [-0.2, -0.15) is 0 Å². The SMILES string of the molecule is C=CCN1C(=O)C(C2CCCCC2)NC(=O)C12CCCC2. The number of carbonyl (C=O) groups excluding carboxylic acids is 2. The molecule has 21 heavy (non-hydrogen) atoms. The summed E-state index contributed by atoms with van der Waals surface area (Å²) in [4.78, 5) is 27.6. The van der Waals surface area contributed by atoms with Gasteiger partial charge in [-0.1, -0.05) is 38.2 Å². The maximum atomic E-state index is 13.0. The molecule has 1 spiro atoms. The highest BCUT2D eigenvalue weighted by Crippen LogP contribution is 2.40. The zero-order valence-corrected chi connectivity index (χ0v) is 12.8. The number of piperazine rings is 1. The number of carbonyl (C=O) groups is 2. The molecule has 1 unspecified atom stereocenters. The van der Waals surface area contributed by atoms with Crippen molar-refractivity contribution in [3.63, 3.8) is 0 Å². The van der Waals surface area contributed by atoms with Crippen LogP contribution in [0, 0.1) is 5.92 Å². The van der Waals surface area contributed by atoms with E-state index in [0.29, 0.717) is 12.5 Å². The minimum absolute atomic E-state index is 0.0806. The second-order valence-electron chi connectivity index (χ2n) is 6.83. The third-order valence-electron chi connectivity index (χ3n) is 5.62. The molecule has 3 rings (SSSR count). The van der Waals surface area contributed by atoms with Crippen molar-refractivity contribution in [3.05, 3.63) is 12.7 Å². The fourth-order valence-electron chi connectivity index (χ4n) is 4.48. The Hall–Kier alpha value is -1.32. The Labute approximate surface area is 127 Å². The lowest BCUT2D eigenvalue weighted by atomic mass is 9.80. The van der Waals surface area contributed by atoms with Crippen LogP contribution in [0.15, 0.2) is 12.7 Å². The molecule has 4 nitrogen and oxygen atoms in total. The van der Waals surface area contributed by atoms with Gasteiger partial charge in [-0.25, -0.2) is 0 Å². The maximum absolute atomic E-state index is 13.0. The van der Waals surface area contributed by atoms with Crippen LogP contribution in [0.3, 0.4) is 0 Å². The molecule has 2 saturated carbocycles. The second-order valence-corrected chi connectivity index (χ2v) is 6.83. The number of nitrogens with zero attached hydrogens (tertiary/aromatic N) is 1. The van der Waals surface area contributed by atoms with Crippen LogP contribution in [-0.2, 0) is 9.59 Å². The summed E-state index contributed by atoms with van der Waals surface area (Å²) < 4.78 is 0. The highest BCUT2D eigenvalue weighted by molar-refractivity contribution is 6.00. The van der Waals surface area contributed by atoms with Gasteiger partial charge in [-0.05, 0) is 31.6 Å². The Morgan fingerprint density at radius 1 is 1.14 bits per heavy atom. The van der Waals surface area contributed by atoms with Crippen LogP contribution in [0.2, 0.25) is 0 Å². The van der Waals surface area contributed by atoms with E-state index in [9.17, 15) is 9.59 Å². The molecule has 0 bridgehead atoms. The van der Waals surface area contributed by atoms with Gasteiger partial charge in [0.1, 0.15) is 11.6 Å². The van der Waals surface area contributed by atoms with Crippen LogP contribution in [0.4, 0.5) is 0 Å². The van der Waals surface area contributed by atoms with Crippen molar-refractivity contribution in [3.8, 4) is 0 Å². The van der Waals surface area contributed by atoms with Crippen molar-refractivity contribution < 1.29 is 9.59 Å². The molecule has 0 radical (unpaired) electrons. The van der Waals surface area contributed by atoms with E-state index < -0.39 is 5.54 Å². The predicted molar refractivity (Wildman–Crippen MR) is 81.6 cm³/mol. The van der Waals surface area contributed by atoms with E-state index in [4.69, 9.17) is 0 Å². The van der Waals surface area contributed by atoms with Crippen molar-refractivity contribution in [1.29, 1.82) is 0 Å². The lowest BCUT2D eigenvalue weighted by Gasteiger charge is -2.48. The Morgan fingerprint density at radius 3 is 2.43 bits per heavy atom. The van der Waals surface area contributed by atoms with Gasteiger partial charge in [0.05, 0.1) is 0 Å². The average molecular weight is 290 g/mol. The lowest BCUT2D eigenvalue weighted by Crippen LogP contribution is -2.71. The molecule has 1 atom stereocenters. The fraction of sp³-hybridized carbons (Fsp3) is 0.765. The van der Waals surface area contributed by atoms with E-state index in [-0.39, 0.29) is 17.9 Å². The van der Waals surface area contributed by atoms with Crippen LogP contribution in [0.1, 0.15) is 57.8 Å². The molecular formula is C17H26N2O2. The van der Waals surface area contributed by atoms with Crippen molar-refractivity contribution >= 4 is 11.8 Å². The third-order valence-corrected chi connectivity index (χ3v) is 5.62. The van der Waals surface area contributed by atoms with Crippen molar-refractivity contribution in [2.45, 2.75) is 69.4 Å². The van der Waals surface area contributed by atoms with Crippen LogP contribution in [-0.4, -0.2) is 34.8 Å². The topological polar surface area (TPSA) is 49.4 Å². The van der Waals surface area contributed by atoms with E-state index in [2.05, 4.69) is 11.9 Å². The largest absolute Gasteiger partial charge is 0.342 e. The summed E-state index contributed by atoms with van der Waals surface area (Å²) >= 11 is 0. The zero-order chi connectivity index (χ0) is 14.9. The smallest absolute Gasteiger partial charge is 0.246 e. The molecule has 116 valence electrons. The molecule has 3 aliphatic rings. The summed E-state index contributed by atoms with van der Waals surface area (Å²) in [5.74, 6) is 0.529. The van der Waals surface area contributed by atoms with Gasteiger partial charge in [0, 0.05) is 6.54 Å². The molecule has 1 N–H and O–H groups in total. The standard InChI is InChI=1S/C17H26N2O2/c1-2-12-19-15(20)14(13-8-4-3-5-9-13)18-16(21)17(19)10-6-7-11-17/h2,13-14H,1,3-12H2,(H,18,21). The van der Waals surface area contributed by atoms with Crippen LogP contribution >= 0.6 is 0 Å². The zero-order valence-electron chi connectivity index (χ0n) is 12.8. The summed E-state index contributed by atoms with van der Waals surface area (Å²) in [6, 6.07) is -0.302. The summed E-state index contributed by atoms with van der Waals surface area (Å²) in [7, 11) is 0. The van der Waals surface area contributed by atoms with Gasteiger partial charge in [0.25, 0.3) is 0 Å². The van der Waals surface area contributed by atoms with Crippen molar-refractivity contribution in [2.75, 3.05) is 6.54 Å². The minimum atomic E-state index is -0.587. The number of nitrogens with one attached hydrogen (secondary N) is 1. The normalized spacial score (nSPS) is 29.7. The number of rotatable bonds is 3. The summed E-state index contributed by atoms with van der Waals surface area (Å²) in [6.45, 7) is 4.28. The van der Waals surface area contributed by atoms with Gasteiger partial charge in [-0.15, -0.1) is 6.58 Å². The highest BCUT2D eigenvalue weighted by atomic mass is 16.2. The second kappa shape index (κ2) is 5.82. The van der Waals surface area contributed by atoms with Gasteiger partial charge < -0.3 is 10.2 Å². The van der Waals surface area contributed by atoms with Gasteiger partial charge in [0.15, 0.2) is 0 Å². The van der Waals surface area contributed by atoms with E-state index in [1.165, 1.54) is 19.3 Å². The lowest BCUT2D eigenvalue weighted by molar-refractivity contribution is -0.158. The van der Waals surface area contributed by atoms with Gasteiger partial charge >= 0.3 is 0 Å². The van der Waals surface area contributed by atoms with E-state index in [0.717, 1.165) is 38.5 Å². The summed E-state index contributed by atoms with van der Waals surface area (Å²) in [5, 5.41) is 3.09. The Balaban J connectivity index is 1.85. The molecule has 2 amide bonds. The van der Waals surface area contributed by atoms with Crippen molar-refractivity contribution in [1.82, 2.24) is 10.2 Å². The average Bonchev–Trinajstić information content (AvgIpc) is 2.99. The van der Waals surface area contributed by atoms with E-state index >= 15 is 0 Å². The molecule has 1 saturated heterocycles. The fourth-order valence-corrected chi connectivity index (χ4v) is 4.48. The van der Waals surface area contributed by atoms with E-state index in [1.54, 1.807) is 6.08 Å². The van der Waals surface area contributed by atoms with Crippen LogP contribution < -0.4 is 5.32 Å². The predicted octanol–water partition coefficient (Wildman–Crippen LogP) is 2.39. The first kappa shape index (κ1) is 14.6. The number of hydrogen-bond acceptors (Lipinski definition) is 2. The molecule has 0 aromatic carbocycles. The summed E-state index contributed by atoms with van der Waals surface area (Å²) in [5.41, 5.74) is -0.587. The monoisotopic (exact) mass is 290 g/mol. The number of hydrogen-bond donors (Lipinski definition) is 1. The molecule has 0 aromatic rings. The quantitative estimate of drug-likeness (QED) is 0.811. The minimum Gasteiger partial charge on any atom is -0.342 e. The Kier molecular flexibility index (Phi) is 4.05. The molecule has 3 fully saturated rings.